The van der Waals surface area contributed by atoms with Crippen LogP contribution in [0.3, 0.4) is 0 Å². The second-order valence-corrected chi connectivity index (χ2v) is 4.85. The van der Waals surface area contributed by atoms with Gasteiger partial charge in [0.25, 0.3) is 0 Å². The van der Waals surface area contributed by atoms with Crippen LogP contribution in [0.5, 0.6) is 0 Å². The first-order valence-corrected chi connectivity index (χ1v) is 6.31. The van der Waals surface area contributed by atoms with Crippen LogP contribution in [-0.2, 0) is 13.1 Å². The minimum atomic E-state index is 0.497. The van der Waals surface area contributed by atoms with Crippen molar-refractivity contribution in [1.82, 2.24) is 20.1 Å². The van der Waals surface area contributed by atoms with Crippen molar-refractivity contribution in [1.29, 1.82) is 0 Å². The van der Waals surface area contributed by atoms with Gasteiger partial charge in [-0.25, -0.2) is 0 Å². The molecule has 0 unspecified atom stereocenters. The molecule has 0 aliphatic rings. The number of rotatable bonds is 5. The van der Waals surface area contributed by atoms with E-state index in [2.05, 4.69) is 41.4 Å². The maximum Gasteiger partial charge on any atom is 0.0831 e. The van der Waals surface area contributed by atoms with Crippen molar-refractivity contribution in [3.63, 3.8) is 0 Å². The van der Waals surface area contributed by atoms with Gasteiger partial charge in [0.05, 0.1) is 17.9 Å². The van der Waals surface area contributed by atoms with Crippen LogP contribution in [0.1, 0.15) is 30.8 Å². The number of pyridine rings is 1. The molecule has 0 atom stereocenters. The third-order valence-electron chi connectivity index (χ3n) is 2.70. The summed E-state index contributed by atoms with van der Waals surface area (Å²) in [6, 6.07) is 6.68. The Balaban J connectivity index is 1.95. The van der Waals surface area contributed by atoms with Crippen LogP contribution in [0, 0.1) is 6.92 Å². The molecule has 0 aliphatic carbocycles. The highest BCUT2D eigenvalue weighted by molar-refractivity contribution is 5.14. The number of nitrogens with zero attached hydrogens (tertiary/aromatic N) is 3. The minimum absolute atomic E-state index is 0.497. The summed E-state index contributed by atoms with van der Waals surface area (Å²) >= 11 is 0. The van der Waals surface area contributed by atoms with Gasteiger partial charge in [-0.3, -0.25) is 9.67 Å². The van der Waals surface area contributed by atoms with Crippen molar-refractivity contribution in [3.05, 3.63) is 47.5 Å². The Hall–Kier alpha value is -1.68. The Bertz CT molecular complexity index is 485. The Labute approximate surface area is 108 Å². The smallest absolute Gasteiger partial charge is 0.0831 e. The number of aryl methyl sites for hydroxylation is 1. The van der Waals surface area contributed by atoms with E-state index in [0.717, 1.165) is 24.5 Å². The van der Waals surface area contributed by atoms with E-state index >= 15 is 0 Å². The highest BCUT2D eigenvalue weighted by Crippen LogP contribution is 2.03. The summed E-state index contributed by atoms with van der Waals surface area (Å²) in [6.45, 7) is 7.87. The van der Waals surface area contributed by atoms with Crippen LogP contribution < -0.4 is 5.32 Å². The molecule has 2 aromatic rings. The maximum atomic E-state index is 4.46. The van der Waals surface area contributed by atoms with E-state index in [1.807, 2.05) is 30.1 Å². The molecule has 0 saturated heterocycles. The molecule has 18 heavy (non-hydrogen) atoms. The molecule has 4 nitrogen and oxygen atoms in total. The molecule has 2 aromatic heterocycles. The van der Waals surface area contributed by atoms with Crippen LogP contribution in [0.25, 0.3) is 0 Å². The first kappa shape index (κ1) is 12.8. The van der Waals surface area contributed by atoms with Gasteiger partial charge in [0, 0.05) is 25.0 Å². The van der Waals surface area contributed by atoms with Crippen LogP contribution in [0.2, 0.25) is 0 Å². The minimum Gasteiger partial charge on any atom is -0.310 e. The van der Waals surface area contributed by atoms with Gasteiger partial charge >= 0.3 is 0 Å². The van der Waals surface area contributed by atoms with E-state index in [1.54, 1.807) is 0 Å². The first-order valence-electron chi connectivity index (χ1n) is 6.31. The molecule has 4 heteroatoms. The highest BCUT2D eigenvalue weighted by atomic mass is 15.3. The zero-order valence-corrected chi connectivity index (χ0v) is 11.2. The average Bonchev–Trinajstić information content (AvgIpc) is 2.74. The molecule has 1 N–H and O–H groups in total. The molecular weight excluding hydrogens is 224 g/mol. The third kappa shape index (κ3) is 3.67. The van der Waals surface area contributed by atoms with Gasteiger partial charge in [0.1, 0.15) is 0 Å². The van der Waals surface area contributed by atoms with Gasteiger partial charge in [0.2, 0.25) is 0 Å². The van der Waals surface area contributed by atoms with Gasteiger partial charge < -0.3 is 5.32 Å². The lowest BCUT2D eigenvalue weighted by Gasteiger charge is -2.08. The summed E-state index contributed by atoms with van der Waals surface area (Å²) < 4.78 is 1.91. The molecule has 0 aliphatic heterocycles. The largest absolute Gasteiger partial charge is 0.310 e. The monoisotopic (exact) mass is 244 g/mol. The second kappa shape index (κ2) is 5.78. The van der Waals surface area contributed by atoms with E-state index in [9.17, 15) is 0 Å². The van der Waals surface area contributed by atoms with Gasteiger partial charge in [0.15, 0.2) is 0 Å². The SMILES string of the molecule is Cc1ccn(Cc2ccc(CNC(C)C)cn2)n1. The van der Waals surface area contributed by atoms with E-state index in [-0.39, 0.29) is 0 Å². The lowest BCUT2D eigenvalue weighted by Crippen LogP contribution is -2.21. The molecule has 96 valence electrons. The predicted molar refractivity (Wildman–Crippen MR) is 72.3 cm³/mol. The molecule has 0 bridgehead atoms. The van der Waals surface area contributed by atoms with Crippen molar-refractivity contribution in [2.45, 2.75) is 39.9 Å². The lowest BCUT2D eigenvalue weighted by molar-refractivity contribution is 0.587. The summed E-state index contributed by atoms with van der Waals surface area (Å²) in [5.41, 5.74) is 3.28. The summed E-state index contributed by atoms with van der Waals surface area (Å²) in [5, 5.41) is 7.73. The van der Waals surface area contributed by atoms with Gasteiger partial charge in [-0.1, -0.05) is 19.9 Å². The Morgan fingerprint density at radius 1 is 1.28 bits per heavy atom. The molecule has 0 saturated carbocycles. The number of hydrogen-bond donors (Lipinski definition) is 1. The van der Waals surface area contributed by atoms with Crippen LogP contribution in [0.4, 0.5) is 0 Å². The fraction of sp³-hybridized carbons (Fsp3) is 0.429. The molecule has 2 rings (SSSR count). The van der Waals surface area contributed by atoms with Crippen molar-refractivity contribution < 1.29 is 0 Å². The van der Waals surface area contributed by atoms with Gasteiger partial charge in [-0.05, 0) is 24.6 Å². The first-order chi connectivity index (χ1) is 8.63. The zero-order chi connectivity index (χ0) is 13.0. The van der Waals surface area contributed by atoms with Gasteiger partial charge in [-0.2, -0.15) is 5.10 Å². The summed E-state index contributed by atoms with van der Waals surface area (Å²) in [6.07, 6.45) is 3.91. The zero-order valence-electron chi connectivity index (χ0n) is 11.2. The number of hydrogen-bond acceptors (Lipinski definition) is 3. The molecule has 2 heterocycles. The Kier molecular flexibility index (Phi) is 4.10. The third-order valence-corrected chi connectivity index (χ3v) is 2.70. The van der Waals surface area contributed by atoms with E-state index in [1.165, 1.54) is 5.56 Å². The van der Waals surface area contributed by atoms with Gasteiger partial charge in [-0.15, -0.1) is 0 Å². The lowest BCUT2D eigenvalue weighted by atomic mass is 10.2. The normalized spacial score (nSPS) is 11.1. The van der Waals surface area contributed by atoms with E-state index in [0.29, 0.717) is 6.04 Å². The Morgan fingerprint density at radius 3 is 2.67 bits per heavy atom. The molecule has 0 radical (unpaired) electrons. The van der Waals surface area contributed by atoms with Crippen molar-refractivity contribution in [3.8, 4) is 0 Å². The van der Waals surface area contributed by atoms with Crippen molar-refractivity contribution >= 4 is 0 Å². The summed E-state index contributed by atoms with van der Waals surface area (Å²) in [4.78, 5) is 4.46. The number of aromatic nitrogens is 3. The van der Waals surface area contributed by atoms with E-state index in [4.69, 9.17) is 0 Å². The molecule has 0 spiro atoms. The highest BCUT2D eigenvalue weighted by Gasteiger charge is 2.00. The molecular formula is C14H20N4. The summed E-state index contributed by atoms with van der Waals surface area (Å²) in [7, 11) is 0. The maximum absolute atomic E-state index is 4.46. The van der Waals surface area contributed by atoms with Crippen LogP contribution in [0.15, 0.2) is 30.6 Å². The summed E-state index contributed by atoms with van der Waals surface area (Å²) in [5.74, 6) is 0. The van der Waals surface area contributed by atoms with Crippen molar-refractivity contribution in [2.24, 2.45) is 0 Å². The topological polar surface area (TPSA) is 42.7 Å². The number of nitrogens with one attached hydrogen (secondary N) is 1. The van der Waals surface area contributed by atoms with E-state index < -0.39 is 0 Å². The fourth-order valence-corrected chi connectivity index (χ4v) is 1.69. The van der Waals surface area contributed by atoms with Crippen LogP contribution in [-0.4, -0.2) is 20.8 Å². The van der Waals surface area contributed by atoms with Crippen LogP contribution >= 0.6 is 0 Å². The predicted octanol–water partition coefficient (Wildman–Crippen LogP) is 2.13. The molecule has 0 aromatic carbocycles. The average molecular weight is 244 g/mol. The Morgan fingerprint density at radius 2 is 2.11 bits per heavy atom. The fourth-order valence-electron chi connectivity index (χ4n) is 1.69. The molecule has 0 amide bonds. The molecule has 0 fully saturated rings. The second-order valence-electron chi connectivity index (χ2n) is 4.85. The standard InChI is InChI=1S/C14H20N4/c1-11(2)15-8-13-4-5-14(16-9-13)10-18-7-6-12(3)17-18/h4-7,9,11,15H,8,10H2,1-3H3. The van der Waals surface area contributed by atoms with Crippen molar-refractivity contribution in [2.75, 3.05) is 0 Å². The quantitative estimate of drug-likeness (QED) is 0.876.